The summed E-state index contributed by atoms with van der Waals surface area (Å²) in [7, 11) is 0. The summed E-state index contributed by atoms with van der Waals surface area (Å²) in [4.78, 5) is 5.27. The van der Waals surface area contributed by atoms with Crippen molar-refractivity contribution < 1.29 is 11.0 Å². The van der Waals surface area contributed by atoms with Crippen LogP contribution in [-0.2, 0) is 10.8 Å². The third-order valence-electron chi connectivity index (χ3n) is 24.8. The van der Waals surface area contributed by atoms with Crippen molar-refractivity contribution in [2.24, 2.45) is 0 Å². The third kappa shape index (κ3) is 12.5. The average molecular weight is 1560 g/mol. The van der Waals surface area contributed by atoms with Crippen molar-refractivity contribution >= 4 is 101 Å². The van der Waals surface area contributed by atoms with Crippen molar-refractivity contribution in [3.8, 4) is 112 Å². The molecule has 20 aromatic rings. The molecule has 2 aliphatic rings. The number of hydrogen-bond acceptors (Lipinski definition) is 2. The van der Waals surface area contributed by atoms with Gasteiger partial charge in [-0.3, -0.25) is 0 Å². The zero-order valence-electron chi connectivity index (χ0n) is 76.1. The first kappa shape index (κ1) is 64.3. The molecule has 0 radical (unpaired) electrons. The molecule has 574 valence electrons. The number of rotatable bonds is 13. The fourth-order valence-electron chi connectivity index (χ4n) is 18.9. The molecule has 0 bridgehead atoms. The Morgan fingerprint density at radius 1 is 0.231 bits per heavy atom. The fourth-order valence-corrected chi connectivity index (χ4v) is 18.9. The number of para-hydroxylation sites is 3. The maximum absolute atomic E-state index is 9.52. The standard InChI is InChI=1S/C116H87BN4/c1-115(2,3)90-70-97(80-40-20-10-21-41-80)113(98(71-90)81-42-22-11-23-43-81)120-108-63-58-85(89-65-87(77-36-16-8-17-37-77)64-88(66-89)78-38-18-9-19-39-78)68-103(108)117-102-61-56-86(79-54-59-92(60-55-79)118-104-51-31-28-48-94(104)95-49-29-32-52-105(95)118)69-109(102)121(114-99(82-44-24-12-25-45-82)72-91(116(4,5)6)73-100(114)83-46-26-13-27-47-83)111-75-93(74-110(120)112(111)117)119-106-53-33-30-50-96(106)101-67-84(57-62-107(101)119)76-34-14-7-15-35-76/h7-75H,1-6H3/i28D,29D,31D,32D,48D,49D,51D,52D. The molecule has 5 heteroatoms. The van der Waals surface area contributed by atoms with E-state index in [1.54, 1.807) is 4.57 Å². The molecule has 0 amide bonds. The predicted octanol–water partition coefficient (Wildman–Crippen LogP) is 29.6. The second kappa shape index (κ2) is 29.1. The number of hydrogen-bond donors (Lipinski definition) is 0. The van der Waals surface area contributed by atoms with Gasteiger partial charge in [-0.2, -0.15) is 0 Å². The van der Waals surface area contributed by atoms with Crippen molar-refractivity contribution in [3.05, 3.63) is 430 Å². The Balaban J connectivity index is 0.907. The summed E-state index contributed by atoms with van der Waals surface area (Å²) in [5.41, 5.74) is 33.4. The van der Waals surface area contributed by atoms with Crippen LogP contribution < -0.4 is 26.2 Å². The maximum Gasteiger partial charge on any atom is 0.252 e. The quantitative estimate of drug-likeness (QED) is 0.107. The van der Waals surface area contributed by atoms with Crippen LogP contribution >= 0.6 is 0 Å². The van der Waals surface area contributed by atoms with Crippen molar-refractivity contribution in [1.29, 1.82) is 0 Å². The minimum Gasteiger partial charge on any atom is -0.310 e. The zero-order chi connectivity index (χ0) is 88.2. The molecule has 0 N–H and O–H groups in total. The summed E-state index contributed by atoms with van der Waals surface area (Å²) in [5.74, 6) is 0. The summed E-state index contributed by atoms with van der Waals surface area (Å²) in [6.45, 7) is 13.4. The largest absolute Gasteiger partial charge is 0.310 e. The molecule has 4 nitrogen and oxygen atoms in total. The van der Waals surface area contributed by atoms with Gasteiger partial charge in [0.25, 0.3) is 6.71 Å². The fraction of sp³-hybridized carbons (Fsp3) is 0.0690. The van der Waals surface area contributed by atoms with Crippen LogP contribution in [0.3, 0.4) is 0 Å². The van der Waals surface area contributed by atoms with Crippen LogP contribution in [0.4, 0.5) is 34.1 Å². The number of fused-ring (bicyclic) bond motifs is 10. The van der Waals surface area contributed by atoms with Gasteiger partial charge in [-0.25, -0.2) is 0 Å². The van der Waals surface area contributed by atoms with Crippen LogP contribution in [0, 0.1) is 0 Å². The van der Waals surface area contributed by atoms with Gasteiger partial charge in [-0.15, -0.1) is 0 Å². The SMILES string of the molecule is [2H]c1c([2H])c([2H])c2c(c1[2H])c1c([2H])c([2H])c([2H])c([2H])c1n2-c1ccc(-c2ccc3c(c2)N(c2c(-c4ccccc4)cc(C(C)(C)C)cc2-c2ccccc2)c2cc(-n4c5ccccc5c5cc(-c6ccccc6)ccc54)cc4c2B3c2cc(-c3cc(-c5ccccc5)cc(-c5ccccc5)c3)ccc2N4c2c(-c3ccccc3)cc(C(C)(C)C)cc2-c2ccccc2)cc1. The maximum atomic E-state index is 9.52. The summed E-state index contributed by atoms with van der Waals surface area (Å²) in [6, 6.07) is 132. The van der Waals surface area contributed by atoms with Crippen LogP contribution in [0.15, 0.2) is 418 Å². The molecule has 0 fully saturated rings. The highest BCUT2D eigenvalue weighted by Gasteiger charge is 2.47. The van der Waals surface area contributed by atoms with E-state index in [4.69, 9.17) is 5.48 Å². The average Bonchev–Trinajstić information content (AvgIpc) is 1.07. The zero-order valence-corrected chi connectivity index (χ0v) is 68.1. The van der Waals surface area contributed by atoms with Crippen molar-refractivity contribution in [3.63, 3.8) is 0 Å². The second-order valence-corrected chi connectivity index (χ2v) is 34.2. The van der Waals surface area contributed by atoms with Crippen molar-refractivity contribution in [2.75, 3.05) is 9.80 Å². The van der Waals surface area contributed by atoms with E-state index in [9.17, 15) is 5.48 Å². The molecule has 0 saturated heterocycles. The van der Waals surface area contributed by atoms with Crippen LogP contribution in [-0.4, -0.2) is 15.8 Å². The topological polar surface area (TPSA) is 16.3 Å². The van der Waals surface area contributed by atoms with E-state index in [1.807, 2.05) is 24.3 Å². The monoisotopic (exact) mass is 1550 g/mol. The second-order valence-electron chi connectivity index (χ2n) is 34.2. The lowest BCUT2D eigenvalue weighted by Crippen LogP contribution is -2.61. The van der Waals surface area contributed by atoms with Gasteiger partial charge in [0.2, 0.25) is 0 Å². The highest BCUT2D eigenvalue weighted by Crippen LogP contribution is 2.56. The summed E-state index contributed by atoms with van der Waals surface area (Å²) < 4.78 is 77.6. The number of anilines is 6. The molecule has 0 atom stereocenters. The molecule has 121 heavy (non-hydrogen) atoms. The van der Waals surface area contributed by atoms with Gasteiger partial charge in [0, 0.05) is 72.2 Å². The van der Waals surface area contributed by atoms with Gasteiger partial charge in [0.1, 0.15) is 0 Å². The van der Waals surface area contributed by atoms with E-state index in [0.29, 0.717) is 5.69 Å². The predicted molar refractivity (Wildman–Crippen MR) is 515 cm³/mol. The third-order valence-corrected chi connectivity index (χ3v) is 24.8. The summed E-state index contributed by atoms with van der Waals surface area (Å²) in [6.07, 6.45) is 0. The highest BCUT2D eigenvalue weighted by atomic mass is 15.2. The van der Waals surface area contributed by atoms with Gasteiger partial charge in [-0.05, 0) is 225 Å². The minimum atomic E-state index is -0.493. The Hall–Kier alpha value is -14.8. The number of aromatic nitrogens is 2. The van der Waals surface area contributed by atoms with Crippen LogP contribution in [0.1, 0.15) is 63.6 Å². The minimum absolute atomic E-state index is 0.0213. The van der Waals surface area contributed by atoms with E-state index in [2.05, 4.69) is 402 Å². The Kier molecular flexibility index (Phi) is 15.5. The van der Waals surface area contributed by atoms with Gasteiger partial charge in [-0.1, -0.05) is 351 Å². The van der Waals surface area contributed by atoms with E-state index < -0.39 is 30.9 Å². The lowest BCUT2D eigenvalue weighted by atomic mass is 9.33. The normalized spacial score (nSPS) is 13.4. The number of benzene rings is 18. The Labute approximate surface area is 719 Å². The molecular weight excluding hydrogens is 1460 g/mol. The first-order valence-electron chi connectivity index (χ1n) is 45.7. The summed E-state index contributed by atoms with van der Waals surface area (Å²) in [5, 5.41) is 2.28. The molecule has 0 unspecified atom stereocenters. The summed E-state index contributed by atoms with van der Waals surface area (Å²) >= 11 is 0. The highest BCUT2D eigenvalue weighted by molar-refractivity contribution is 7.00. The first-order valence-corrected chi connectivity index (χ1v) is 41.7. The lowest BCUT2D eigenvalue weighted by Gasteiger charge is -2.46. The first-order chi connectivity index (χ1) is 62.6. The molecule has 2 aromatic heterocycles. The molecule has 22 rings (SSSR count). The van der Waals surface area contributed by atoms with E-state index in [1.165, 1.54) is 11.1 Å². The van der Waals surface area contributed by atoms with E-state index in [-0.39, 0.29) is 56.8 Å². The van der Waals surface area contributed by atoms with Crippen LogP contribution in [0.5, 0.6) is 0 Å². The van der Waals surface area contributed by atoms with Gasteiger partial charge in [0.05, 0.1) is 50.1 Å². The lowest BCUT2D eigenvalue weighted by molar-refractivity contribution is 0.590. The number of nitrogens with zero attached hydrogens (tertiary/aromatic N) is 4. The van der Waals surface area contributed by atoms with E-state index >= 15 is 0 Å². The molecular formula is C116H87BN4. The van der Waals surface area contributed by atoms with Crippen LogP contribution in [0.2, 0.25) is 0 Å². The molecule has 0 saturated carbocycles. The smallest absolute Gasteiger partial charge is 0.252 e. The van der Waals surface area contributed by atoms with Crippen molar-refractivity contribution in [1.82, 2.24) is 9.13 Å². The molecule has 0 aliphatic carbocycles. The van der Waals surface area contributed by atoms with Crippen molar-refractivity contribution in [2.45, 2.75) is 52.4 Å². The molecule has 4 heterocycles. The van der Waals surface area contributed by atoms with Gasteiger partial charge < -0.3 is 18.9 Å². The molecule has 18 aromatic carbocycles. The Morgan fingerprint density at radius 2 is 0.587 bits per heavy atom. The van der Waals surface area contributed by atoms with Gasteiger partial charge in [0.15, 0.2) is 0 Å². The van der Waals surface area contributed by atoms with Crippen LogP contribution in [0.25, 0.3) is 155 Å². The Morgan fingerprint density at radius 3 is 1.06 bits per heavy atom. The van der Waals surface area contributed by atoms with E-state index in [0.717, 1.165) is 178 Å². The molecule has 2 aliphatic heterocycles. The molecule has 0 spiro atoms. The van der Waals surface area contributed by atoms with Gasteiger partial charge >= 0.3 is 0 Å². The Bertz CT molecular complexity index is 7690.